The minimum atomic E-state index is -0.585. The number of nitrogen functional groups attached to an aromatic ring is 1. The van der Waals surface area contributed by atoms with Gasteiger partial charge in [-0.15, -0.1) is 0 Å². The molecule has 1 saturated heterocycles. The number of rotatable bonds is 2. The van der Waals surface area contributed by atoms with E-state index in [4.69, 9.17) is 5.73 Å². The minimum absolute atomic E-state index is 0.0298. The van der Waals surface area contributed by atoms with E-state index in [1.54, 1.807) is 9.80 Å². The lowest BCUT2D eigenvalue weighted by Crippen LogP contribution is -2.37. The Balaban J connectivity index is 2.06. The molecule has 6 heteroatoms. The molecule has 114 valence electrons. The summed E-state index contributed by atoms with van der Waals surface area (Å²) < 4.78 is 13.5. The van der Waals surface area contributed by atoms with Crippen LogP contribution in [0.15, 0.2) is 18.2 Å². The van der Waals surface area contributed by atoms with Crippen LogP contribution in [0.5, 0.6) is 0 Å². The van der Waals surface area contributed by atoms with Crippen LogP contribution in [0.2, 0.25) is 0 Å². The van der Waals surface area contributed by atoms with E-state index in [1.807, 2.05) is 6.92 Å². The molecule has 1 aromatic carbocycles. The number of amides is 2. The molecule has 2 amide bonds. The maximum Gasteiger partial charge on any atom is 0.254 e. The van der Waals surface area contributed by atoms with Crippen molar-refractivity contribution in [3.05, 3.63) is 29.6 Å². The molecule has 1 aliphatic heterocycles. The van der Waals surface area contributed by atoms with Crippen molar-refractivity contribution in [2.75, 3.05) is 31.9 Å². The third-order valence-corrected chi connectivity index (χ3v) is 3.69. The molecule has 5 nitrogen and oxygen atoms in total. The zero-order valence-corrected chi connectivity index (χ0v) is 12.1. The molecule has 0 aromatic heterocycles. The lowest BCUT2D eigenvalue weighted by Gasteiger charge is -2.22. The fourth-order valence-corrected chi connectivity index (χ4v) is 2.44. The Hall–Kier alpha value is -2.11. The second-order valence-electron chi connectivity index (χ2n) is 5.12. The SMILES string of the molecule is CCC(=O)N1CCCN(C(=O)c2ccc(N)c(F)c2)CC1. The molecule has 0 saturated carbocycles. The summed E-state index contributed by atoms with van der Waals surface area (Å²) in [6.45, 7) is 4.05. The molecule has 0 aliphatic carbocycles. The average Bonchev–Trinajstić information content (AvgIpc) is 2.74. The molecule has 0 atom stereocenters. The van der Waals surface area contributed by atoms with Crippen LogP contribution in [0.3, 0.4) is 0 Å². The molecule has 0 radical (unpaired) electrons. The van der Waals surface area contributed by atoms with Crippen LogP contribution < -0.4 is 5.73 Å². The Labute approximate surface area is 123 Å². The normalized spacial score (nSPS) is 15.7. The third-order valence-electron chi connectivity index (χ3n) is 3.69. The predicted octanol–water partition coefficient (Wildman–Crippen LogP) is 1.49. The van der Waals surface area contributed by atoms with Gasteiger partial charge in [0.25, 0.3) is 5.91 Å². The highest BCUT2D eigenvalue weighted by Gasteiger charge is 2.22. The largest absolute Gasteiger partial charge is 0.396 e. The van der Waals surface area contributed by atoms with Crippen LogP contribution in [-0.2, 0) is 4.79 Å². The Morgan fingerprint density at radius 1 is 1.19 bits per heavy atom. The van der Waals surface area contributed by atoms with Crippen molar-refractivity contribution in [1.82, 2.24) is 9.80 Å². The lowest BCUT2D eigenvalue weighted by molar-refractivity contribution is -0.130. The zero-order chi connectivity index (χ0) is 15.4. The Morgan fingerprint density at radius 2 is 1.86 bits per heavy atom. The van der Waals surface area contributed by atoms with Crippen molar-refractivity contribution >= 4 is 17.5 Å². The molecule has 0 unspecified atom stereocenters. The monoisotopic (exact) mass is 293 g/mol. The van der Waals surface area contributed by atoms with Crippen LogP contribution in [0.4, 0.5) is 10.1 Å². The smallest absolute Gasteiger partial charge is 0.254 e. The van der Waals surface area contributed by atoms with Crippen molar-refractivity contribution in [2.45, 2.75) is 19.8 Å². The summed E-state index contributed by atoms with van der Waals surface area (Å²) in [5, 5.41) is 0. The van der Waals surface area contributed by atoms with Gasteiger partial charge in [0.05, 0.1) is 5.69 Å². The van der Waals surface area contributed by atoms with Gasteiger partial charge in [-0.2, -0.15) is 0 Å². The number of nitrogens with zero attached hydrogens (tertiary/aromatic N) is 2. The van der Waals surface area contributed by atoms with Crippen molar-refractivity contribution < 1.29 is 14.0 Å². The Kier molecular flexibility index (Phi) is 4.77. The summed E-state index contributed by atoms with van der Waals surface area (Å²) in [5.41, 5.74) is 5.73. The number of benzene rings is 1. The number of carbonyl (C=O) groups excluding carboxylic acids is 2. The van der Waals surface area contributed by atoms with E-state index >= 15 is 0 Å². The molecular weight excluding hydrogens is 273 g/mol. The van der Waals surface area contributed by atoms with Crippen molar-refractivity contribution in [1.29, 1.82) is 0 Å². The molecule has 21 heavy (non-hydrogen) atoms. The third kappa shape index (κ3) is 3.51. The summed E-state index contributed by atoms with van der Waals surface area (Å²) in [4.78, 5) is 27.5. The maximum absolute atomic E-state index is 13.5. The fourth-order valence-electron chi connectivity index (χ4n) is 2.44. The first kappa shape index (κ1) is 15.3. The van der Waals surface area contributed by atoms with E-state index in [9.17, 15) is 14.0 Å². The summed E-state index contributed by atoms with van der Waals surface area (Å²) >= 11 is 0. The topological polar surface area (TPSA) is 66.6 Å². The van der Waals surface area contributed by atoms with Gasteiger partial charge >= 0.3 is 0 Å². The summed E-state index contributed by atoms with van der Waals surface area (Å²) in [6.07, 6.45) is 1.20. The van der Waals surface area contributed by atoms with Gasteiger partial charge in [0.1, 0.15) is 5.82 Å². The van der Waals surface area contributed by atoms with Crippen LogP contribution >= 0.6 is 0 Å². The van der Waals surface area contributed by atoms with E-state index in [2.05, 4.69) is 0 Å². The molecular formula is C15H20FN3O2. The number of nitrogens with two attached hydrogens (primary N) is 1. The van der Waals surface area contributed by atoms with Crippen molar-refractivity contribution in [2.24, 2.45) is 0 Å². The molecule has 1 aromatic rings. The highest BCUT2D eigenvalue weighted by Crippen LogP contribution is 2.15. The number of anilines is 1. The minimum Gasteiger partial charge on any atom is -0.396 e. The van der Waals surface area contributed by atoms with Gasteiger partial charge in [-0.1, -0.05) is 6.92 Å². The van der Waals surface area contributed by atoms with Gasteiger partial charge in [-0.3, -0.25) is 9.59 Å². The highest BCUT2D eigenvalue weighted by molar-refractivity contribution is 5.94. The van der Waals surface area contributed by atoms with E-state index in [0.717, 1.165) is 12.5 Å². The van der Waals surface area contributed by atoms with Crippen LogP contribution in [-0.4, -0.2) is 47.8 Å². The second-order valence-corrected chi connectivity index (χ2v) is 5.12. The number of hydrogen-bond donors (Lipinski definition) is 1. The van der Waals surface area contributed by atoms with Gasteiger partial charge in [-0.05, 0) is 24.6 Å². The predicted molar refractivity (Wildman–Crippen MR) is 78.2 cm³/mol. The summed E-state index contributed by atoms with van der Waals surface area (Å²) in [5.74, 6) is -0.707. The summed E-state index contributed by atoms with van der Waals surface area (Å²) in [6, 6.07) is 4.09. The molecule has 2 rings (SSSR count). The first-order valence-electron chi connectivity index (χ1n) is 7.15. The van der Waals surface area contributed by atoms with E-state index in [0.29, 0.717) is 32.6 Å². The highest BCUT2D eigenvalue weighted by atomic mass is 19.1. The number of halogens is 1. The van der Waals surface area contributed by atoms with E-state index in [1.165, 1.54) is 12.1 Å². The molecule has 0 spiro atoms. The molecule has 2 N–H and O–H groups in total. The van der Waals surface area contributed by atoms with Crippen molar-refractivity contribution in [3.8, 4) is 0 Å². The molecule has 0 bridgehead atoms. The quantitative estimate of drug-likeness (QED) is 0.840. The van der Waals surface area contributed by atoms with Crippen molar-refractivity contribution in [3.63, 3.8) is 0 Å². The first-order valence-corrected chi connectivity index (χ1v) is 7.15. The van der Waals surface area contributed by atoms with E-state index < -0.39 is 5.82 Å². The van der Waals surface area contributed by atoms with Gasteiger partial charge in [0.15, 0.2) is 0 Å². The van der Waals surface area contributed by atoms with Gasteiger partial charge in [0, 0.05) is 38.2 Å². The van der Waals surface area contributed by atoms with Gasteiger partial charge in [-0.25, -0.2) is 4.39 Å². The van der Waals surface area contributed by atoms with Gasteiger partial charge in [0.2, 0.25) is 5.91 Å². The maximum atomic E-state index is 13.5. The molecule has 1 fully saturated rings. The average molecular weight is 293 g/mol. The molecule has 1 aliphatic rings. The number of hydrogen-bond acceptors (Lipinski definition) is 3. The Morgan fingerprint density at radius 3 is 2.52 bits per heavy atom. The van der Waals surface area contributed by atoms with Gasteiger partial charge < -0.3 is 15.5 Å². The Bertz CT molecular complexity index is 548. The fraction of sp³-hybridized carbons (Fsp3) is 0.467. The molecule has 1 heterocycles. The second kappa shape index (κ2) is 6.56. The van der Waals surface area contributed by atoms with E-state index in [-0.39, 0.29) is 23.1 Å². The van der Waals surface area contributed by atoms with Crippen LogP contribution in [0.25, 0.3) is 0 Å². The zero-order valence-electron chi connectivity index (χ0n) is 12.1. The standard InChI is InChI=1S/C15H20FN3O2/c1-2-14(20)18-6-3-7-19(9-8-18)15(21)11-4-5-13(17)12(16)10-11/h4-5,10H,2-3,6-9,17H2,1H3. The van der Waals surface area contributed by atoms with Crippen LogP contribution in [0, 0.1) is 5.82 Å². The summed E-state index contributed by atoms with van der Waals surface area (Å²) in [7, 11) is 0. The lowest BCUT2D eigenvalue weighted by atomic mass is 10.1. The number of carbonyl (C=O) groups is 2. The van der Waals surface area contributed by atoms with Crippen LogP contribution in [0.1, 0.15) is 30.1 Å². The first-order chi connectivity index (χ1) is 10.0.